The number of carbonyl (C=O) groups is 1. The first-order chi connectivity index (χ1) is 17.6. The second kappa shape index (κ2) is 11.7. The van der Waals surface area contributed by atoms with Gasteiger partial charge in [-0.3, -0.25) is 4.79 Å². The molecule has 36 heavy (non-hydrogen) atoms. The second-order valence-corrected chi connectivity index (χ2v) is 7.42. The summed E-state index contributed by atoms with van der Waals surface area (Å²) in [6.07, 6.45) is 0. The molecule has 0 fully saturated rings. The van der Waals surface area contributed by atoms with Crippen LogP contribution in [0.5, 0.6) is 28.9 Å². The van der Waals surface area contributed by atoms with Crippen LogP contribution in [0.4, 0.5) is 0 Å². The average molecular weight is 494 g/mol. The van der Waals surface area contributed by atoms with Crippen LogP contribution in [0.25, 0.3) is 17.0 Å². The number of nitrogens with one attached hydrogen (secondary N) is 1. The molecule has 0 aliphatic heterocycles. The summed E-state index contributed by atoms with van der Waals surface area (Å²) in [7, 11) is 3.16. The predicted molar refractivity (Wildman–Crippen MR) is 131 cm³/mol. The summed E-state index contributed by atoms with van der Waals surface area (Å²) in [5.41, 5.74) is 1.25. The topological polar surface area (TPSA) is 118 Å². The summed E-state index contributed by atoms with van der Waals surface area (Å²) in [5.74, 6) is 3.16. The van der Waals surface area contributed by atoms with E-state index in [4.69, 9.17) is 23.7 Å². The van der Waals surface area contributed by atoms with Crippen molar-refractivity contribution in [3.63, 3.8) is 0 Å². The molecule has 1 N–H and O–H groups in total. The van der Waals surface area contributed by atoms with Crippen LogP contribution in [0.3, 0.4) is 0 Å². The molecule has 0 aliphatic rings. The van der Waals surface area contributed by atoms with Gasteiger partial charge in [-0.15, -0.1) is 15.3 Å². The van der Waals surface area contributed by atoms with E-state index >= 15 is 0 Å². The van der Waals surface area contributed by atoms with Gasteiger partial charge < -0.3 is 29.0 Å². The van der Waals surface area contributed by atoms with Crippen molar-refractivity contribution < 1.29 is 28.5 Å². The Morgan fingerprint density at radius 2 is 1.64 bits per heavy atom. The molecule has 0 bridgehead atoms. The van der Waals surface area contributed by atoms with Crippen LogP contribution in [0.1, 0.15) is 6.92 Å². The zero-order valence-electron chi connectivity index (χ0n) is 20.3. The molecule has 0 radical (unpaired) electrons. The highest BCUT2D eigenvalue weighted by molar-refractivity contribution is 5.77. The maximum absolute atomic E-state index is 12.1. The number of ether oxygens (including phenoxy) is 5. The van der Waals surface area contributed by atoms with E-state index in [0.717, 1.165) is 5.75 Å². The van der Waals surface area contributed by atoms with E-state index in [1.807, 2.05) is 19.1 Å². The van der Waals surface area contributed by atoms with E-state index in [9.17, 15) is 4.79 Å². The summed E-state index contributed by atoms with van der Waals surface area (Å²) >= 11 is 0. The van der Waals surface area contributed by atoms with Crippen LogP contribution in [-0.4, -0.2) is 66.3 Å². The van der Waals surface area contributed by atoms with Crippen molar-refractivity contribution in [3.05, 3.63) is 54.6 Å². The van der Waals surface area contributed by atoms with Crippen LogP contribution in [0.15, 0.2) is 54.6 Å². The van der Waals surface area contributed by atoms with Crippen molar-refractivity contribution >= 4 is 11.6 Å². The first-order valence-corrected chi connectivity index (χ1v) is 11.3. The summed E-state index contributed by atoms with van der Waals surface area (Å²) in [5, 5.41) is 15.6. The number of amides is 1. The molecule has 11 heteroatoms. The smallest absolute Gasteiger partial charge is 0.258 e. The van der Waals surface area contributed by atoms with Gasteiger partial charge in [0.2, 0.25) is 5.88 Å². The highest BCUT2D eigenvalue weighted by Crippen LogP contribution is 2.32. The van der Waals surface area contributed by atoms with E-state index in [2.05, 4.69) is 20.6 Å². The van der Waals surface area contributed by atoms with E-state index in [1.165, 1.54) is 0 Å². The SMILES string of the molecule is CCOc1ccc(OCC(=O)NCCOc2ccc3nnc(-c4ccc(OC)cc4OC)n3n2)cc1. The second-order valence-electron chi connectivity index (χ2n) is 7.42. The average Bonchev–Trinajstić information content (AvgIpc) is 3.33. The minimum Gasteiger partial charge on any atom is -0.497 e. The minimum absolute atomic E-state index is 0.105. The van der Waals surface area contributed by atoms with Gasteiger partial charge in [-0.25, -0.2) is 0 Å². The molecule has 11 nitrogen and oxygen atoms in total. The Bertz CT molecular complexity index is 1310. The normalized spacial score (nSPS) is 10.6. The summed E-state index contributed by atoms with van der Waals surface area (Å²) < 4.78 is 28.9. The quantitative estimate of drug-likeness (QED) is 0.297. The fraction of sp³-hybridized carbons (Fsp3) is 0.280. The number of hydrogen-bond donors (Lipinski definition) is 1. The monoisotopic (exact) mass is 493 g/mol. The molecule has 2 heterocycles. The van der Waals surface area contributed by atoms with Gasteiger partial charge in [0.1, 0.15) is 29.6 Å². The number of aromatic nitrogens is 4. The summed E-state index contributed by atoms with van der Waals surface area (Å²) in [6.45, 7) is 2.90. The summed E-state index contributed by atoms with van der Waals surface area (Å²) in [6, 6.07) is 15.9. The molecule has 4 rings (SSSR count). The molecule has 1 amide bonds. The zero-order valence-corrected chi connectivity index (χ0v) is 20.3. The number of fused-ring (bicyclic) bond motifs is 1. The third-order valence-electron chi connectivity index (χ3n) is 5.07. The lowest BCUT2D eigenvalue weighted by Gasteiger charge is -2.10. The number of hydrogen-bond acceptors (Lipinski definition) is 9. The standard InChI is InChI=1S/C25H27N5O6/c1-4-34-17-5-7-18(8-6-17)36-16-23(31)26-13-14-35-24-12-11-22-27-28-25(30(22)29-24)20-10-9-19(32-2)15-21(20)33-3/h5-12,15H,4,13-14,16H2,1-3H3,(H,26,31). The molecule has 0 unspecified atom stereocenters. The molecule has 4 aromatic rings. The number of methoxy groups -OCH3 is 2. The van der Waals surface area contributed by atoms with E-state index in [0.29, 0.717) is 46.8 Å². The van der Waals surface area contributed by atoms with Gasteiger partial charge in [0.05, 0.1) is 32.9 Å². The maximum Gasteiger partial charge on any atom is 0.258 e. The molecule has 0 atom stereocenters. The number of nitrogens with zero attached hydrogens (tertiary/aromatic N) is 4. The van der Waals surface area contributed by atoms with E-state index in [-0.39, 0.29) is 25.7 Å². The van der Waals surface area contributed by atoms with Gasteiger partial charge in [-0.2, -0.15) is 4.52 Å². The Balaban J connectivity index is 1.30. The molecule has 0 saturated carbocycles. The molecule has 0 aliphatic carbocycles. The van der Waals surface area contributed by atoms with Gasteiger partial charge in [0.15, 0.2) is 18.1 Å². The Kier molecular flexibility index (Phi) is 8.01. The first-order valence-electron chi connectivity index (χ1n) is 11.3. The highest BCUT2D eigenvalue weighted by Gasteiger charge is 2.16. The Hall–Kier alpha value is -4.54. The molecule has 0 spiro atoms. The molecule has 188 valence electrons. The molecule has 2 aromatic heterocycles. The Morgan fingerprint density at radius 3 is 2.36 bits per heavy atom. The van der Waals surface area contributed by atoms with Crippen LogP contribution in [0, 0.1) is 0 Å². The van der Waals surface area contributed by atoms with Crippen molar-refractivity contribution in [2.24, 2.45) is 0 Å². The highest BCUT2D eigenvalue weighted by atomic mass is 16.5. The van der Waals surface area contributed by atoms with Crippen molar-refractivity contribution in [2.45, 2.75) is 6.92 Å². The number of rotatable bonds is 12. The third-order valence-corrected chi connectivity index (χ3v) is 5.07. The lowest BCUT2D eigenvalue weighted by molar-refractivity contribution is -0.123. The third kappa shape index (κ3) is 5.93. The molecule has 0 saturated heterocycles. The first kappa shape index (κ1) is 24.6. The number of benzene rings is 2. The molecule has 2 aromatic carbocycles. The number of carbonyl (C=O) groups excluding carboxylic acids is 1. The lowest BCUT2D eigenvalue weighted by Crippen LogP contribution is -2.32. The van der Waals surface area contributed by atoms with Gasteiger partial charge in [-0.1, -0.05) is 0 Å². The molecular weight excluding hydrogens is 466 g/mol. The van der Waals surface area contributed by atoms with E-state index in [1.54, 1.807) is 61.2 Å². The van der Waals surface area contributed by atoms with Crippen LogP contribution >= 0.6 is 0 Å². The van der Waals surface area contributed by atoms with Crippen molar-refractivity contribution in [3.8, 4) is 40.3 Å². The van der Waals surface area contributed by atoms with Gasteiger partial charge in [0, 0.05) is 12.1 Å². The van der Waals surface area contributed by atoms with Crippen LogP contribution < -0.4 is 29.0 Å². The van der Waals surface area contributed by atoms with Gasteiger partial charge >= 0.3 is 0 Å². The van der Waals surface area contributed by atoms with Crippen molar-refractivity contribution in [1.82, 2.24) is 25.1 Å². The largest absolute Gasteiger partial charge is 0.497 e. The molecular formula is C25H27N5O6. The summed E-state index contributed by atoms with van der Waals surface area (Å²) in [4.78, 5) is 12.1. The fourth-order valence-electron chi connectivity index (χ4n) is 3.34. The van der Waals surface area contributed by atoms with Gasteiger partial charge in [-0.05, 0) is 49.4 Å². The maximum atomic E-state index is 12.1. The van der Waals surface area contributed by atoms with Gasteiger partial charge in [0.25, 0.3) is 5.91 Å². The fourth-order valence-corrected chi connectivity index (χ4v) is 3.34. The minimum atomic E-state index is -0.261. The van der Waals surface area contributed by atoms with E-state index < -0.39 is 0 Å². The van der Waals surface area contributed by atoms with Crippen LogP contribution in [0.2, 0.25) is 0 Å². The Morgan fingerprint density at radius 1 is 0.889 bits per heavy atom. The predicted octanol–water partition coefficient (Wildman–Crippen LogP) is 2.78. The van der Waals surface area contributed by atoms with Crippen molar-refractivity contribution in [1.29, 1.82) is 0 Å². The van der Waals surface area contributed by atoms with Crippen molar-refractivity contribution in [2.75, 3.05) is 40.6 Å². The van der Waals surface area contributed by atoms with Crippen LogP contribution in [-0.2, 0) is 4.79 Å². The zero-order chi connectivity index (χ0) is 25.3. The Labute approximate surface area is 207 Å². The lowest BCUT2D eigenvalue weighted by atomic mass is 10.2.